The summed E-state index contributed by atoms with van der Waals surface area (Å²) in [5.74, 6) is 0.0615. The highest BCUT2D eigenvalue weighted by molar-refractivity contribution is 6.33. The Bertz CT molecular complexity index is 656. The standard InChI is InChI=1S/C18H25ClN4O2.2ClH/c1-13(2)5-8-23-9-6-15(7-10-23)21-18-16(19)11-14(12-20-18)3-4-17(24)22-25;;/h3-5,11-12,15,25H,6-10H2,1-2H3,(H,20,21)(H,22,24);2*1H/b4-3+;;. The lowest BCUT2D eigenvalue weighted by Crippen LogP contribution is -2.39. The van der Waals surface area contributed by atoms with E-state index in [4.69, 9.17) is 16.8 Å². The third kappa shape index (κ3) is 8.95. The zero-order valence-electron chi connectivity index (χ0n) is 15.4. The minimum absolute atomic E-state index is 0. The van der Waals surface area contributed by atoms with Gasteiger partial charge in [0, 0.05) is 37.9 Å². The molecule has 1 aliphatic heterocycles. The molecule has 0 bridgehead atoms. The van der Waals surface area contributed by atoms with Crippen molar-refractivity contribution in [2.75, 3.05) is 25.0 Å². The topological polar surface area (TPSA) is 77.5 Å². The predicted octanol–water partition coefficient (Wildman–Crippen LogP) is 3.94. The molecule has 1 saturated heterocycles. The van der Waals surface area contributed by atoms with Crippen LogP contribution in [0.4, 0.5) is 5.82 Å². The van der Waals surface area contributed by atoms with Crippen LogP contribution in [0.1, 0.15) is 32.3 Å². The number of amides is 1. The van der Waals surface area contributed by atoms with Gasteiger partial charge in [-0.1, -0.05) is 23.3 Å². The number of rotatable bonds is 6. The van der Waals surface area contributed by atoms with Crippen molar-refractivity contribution in [3.63, 3.8) is 0 Å². The van der Waals surface area contributed by atoms with Crippen molar-refractivity contribution in [1.82, 2.24) is 15.4 Å². The van der Waals surface area contributed by atoms with Gasteiger partial charge in [0.25, 0.3) is 5.91 Å². The molecular formula is C18H27Cl3N4O2. The second-order valence-electron chi connectivity index (χ2n) is 6.41. The van der Waals surface area contributed by atoms with Gasteiger partial charge in [-0.2, -0.15) is 0 Å². The number of hydrogen-bond acceptors (Lipinski definition) is 5. The van der Waals surface area contributed by atoms with Crippen LogP contribution in [0.2, 0.25) is 5.02 Å². The van der Waals surface area contributed by atoms with E-state index in [9.17, 15) is 4.79 Å². The molecule has 152 valence electrons. The maximum atomic E-state index is 11.0. The maximum Gasteiger partial charge on any atom is 0.267 e. The van der Waals surface area contributed by atoms with Crippen LogP contribution >= 0.6 is 36.4 Å². The van der Waals surface area contributed by atoms with E-state index in [-0.39, 0.29) is 24.8 Å². The molecule has 27 heavy (non-hydrogen) atoms. The van der Waals surface area contributed by atoms with Gasteiger partial charge in [-0.25, -0.2) is 10.5 Å². The van der Waals surface area contributed by atoms with Crippen LogP contribution in [-0.4, -0.2) is 46.7 Å². The van der Waals surface area contributed by atoms with Crippen LogP contribution < -0.4 is 10.8 Å². The summed E-state index contributed by atoms with van der Waals surface area (Å²) in [6.45, 7) is 7.36. The highest BCUT2D eigenvalue weighted by Gasteiger charge is 2.19. The van der Waals surface area contributed by atoms with Crippen molar-refractivity contribution < 1.29 is 10.0 Å². The Balaban J connectivity index is 0.00000338. The van der Waals surface area contributed by atoms with Crippen molar-refractivity contribution in [3.8, 4) is 0 Å². The predicted molar refractivity (Wildman–Crippen MR) is 115 cm³/mol. The Morgan fingerprint density at radius 3 is 2.59 bits per heavy atom. The Hall–Kier alpha value is -1.31. The number of anilines is 1. The van der Waals surface area contributed by atoms with Gasteiger partial charge >= 0.3 is 0 Å². The van der Waals surface area contributed by atoms with E-state index in [0.29, 0.717) is 22.4 Å². The summed E-state index contributed by atoms with van der Waals surface area (Å²) in [5.41, 5.74) is 3.57. The van der Waals surface area contributed by atoms with E-state index >= 15 is 0 Å². The average Bonchev–Trinajstić information content (AvgIpc) is 2.61. The van der Waals surface area contributed by atoms with Gasteiger partial charge in [0.15, 0.2) is 0 Å². The van der Waals surface area contributed by atoms with Gasteiger partial charge in [0.1, 0.15) is 5.82 Å². The van der Waals surface area contributed by atoms with Gasteiger partial charge in [-0.15, -0.1) is 24.8 Å². The minimum Gasteiger partial charge on any atom is -0.366 e. The molecule has 2 rings (SSSR count). The van der Waals surface area contributed by atoms with Gasteiger partial charge < -0.3 is 5.32 Å². The first-order chi connectivity index (χ1) is 12.0. The number of nitrogens with zero attached hydrogens (tertiary/aromatic N) is 2. The minimum atomic E-state index is -0.599. The second-order valence-corrected chi connectivity index (χ2v) is 6.82. The molecule has 1 fully saturated rings. The van der Waals surface area contributed by atoms with Crippen molar-refractivity contribution in [3.05, 3.63) is 40.6 Å². The normalized spacial score (nSPS) is 14.8. The molecule has 6 nitrogen and oxygen atoms in total. The largest absolute Gasteiger partial charge is 0.366 e. The molecule has 0 aliphatic carbocycles. The molecule has 1 aromatic rings. The lowest BCUT2D eigenvalue weighted by molar-refractivity contribution is -0.124. The van der Waals surface area contributed by atoms with E-state index in [1.165, 1.54) is 23.2 Å². The third-order valence-electron chi connectivity index (χ3n) is 4.09. The molecule has 0 unspecified atom stereocenters. The summed E-state index contributed by atoms with van der Waals surface area (Å²) in [6.07, 6.45) is 8.74. The number of allylic oxidation sites excluding steroid dienone is 1. The summed E-state index contributed by atoms with van der Waals surface area (Å²) in [5, 5.41) is 12.4. The fourth-order valence-corrected chi connectivity index (χ4v) is 2.85. The molecule has 9 heteroatoms. The molecule has 1 amide bonds. The van der Waals surface area contributed by atoms with Gasteiger partial charge in [-0.05, 0) is 44.4 Å². The highest BCUT2D eigenvalue weighted by atomic mass is 35.5. The molecule has 1 aromatic heterocycles. The molecule has 0 radical (unpaired) electrons. The summed E-state index contributed by atoms with van der Waals surface area (Å²) < 4.78 is 0. The molecule has 1 aliphatic rings. The number of halogens is 3. The lowest BCUT2D eigenvalue weighted by atomic mass is 10.0. The van der Waals surface area contributed by atoms with Gasteiger partial charge in [-0.3, -0.25) is 14.9 Å². The molecule has 0 atom stereocenters. The number of hydroxylamine groups is 1. The number of aromatic nitrogens is 1. The molecular weight excluding hydrogens is 411 g/mol. The Labute approximate surface area is 177 Å². The smallest absolute Gasteiger partial charge is 0.267 e. The monoisotopic (exact) mass is 436 g/mol. The van der Waals surface area contributed by atoms with Crippen molar-refractivity contribution in [1.29, 1.82) is 0 Å². The zero-order chi connectivity index (χ0) is 18.2. The van der Waals surface area contributed by atoms with Crippen LogP contribution in [0.15, 0.2) is 30.0 Å². The Morgan fingerprint density at radius 2 is 2.04 bits per heavy atom. The molecule has 2 heterocycles. The summed E-state index contributed by atoms with van der Waals surface area (Å²) in [4.78, 5) is 17.8. The second kappa shape index (κ2) is 13.0. The van der Waals surface area contributed by atoms with E-state index in [1.807, 2.05) is 0 Å². The molecule has 0 spiro atoms. The third-order valence-corrected chi connectivity index (χ3v) is 4.37. The number of carbonyl (C=O) groups excluding carboxylic acids is 1. The summed E-state index contributed by atoms with van der Waals surface area (Å²) >= 11 is 6.28. The summed E-state index contributed by atoms with van der Waals surface area (Å²) in [7, 11) is 0. The summed E-state index contributed by atoms with van der Waals surface area (Å²) in [6, 6.07) is 2.09. The zero-order valence-corrected chi connectivity index (χ0v) is 17.8. The number of nitrogens with one attached hydrogen (secondary N) is 2. The van der Waals surface area contributed by atoms with Crippen molar-refractivity contribution in [2.24, 2.45) is 0 Å². The van der Waals surface area contributed by atoms with Gasteiger partial charge in [0.2, 0.25) is 0 Å². The first-order valence-corrected chi connectivity index (χ1v) is 8.75. The van der Waals surface area contributed by atoms with E-state index in [2.05, 4.69) is 35.1 Å². The van der Waals surface area contributed by atoms with Gasteiger partial charge in [0.05, 0.1) is 5.02 Å². The number of likely N-dealkylation sites (tertiary alicyclic amines) is 1. The number of hydrogen-bond donors (Lipinski definition) is 3. The molecule has 0 saturated carbocycles. The maximum absolute atomic E-state index is 11.0. The van der Waals surface area contributed by atoms with Crippen molar-refractivity contribution in [2.45, 2.75) is 32.7 Å². The highest BCUT2D eigenvalue weighted by Crippen LogP contribution is 2.24. The number of pyridine rings is 1. The SMILES string of the molecule is CC(C)=CCN1CCC(Nc2ncc(/C=C/C(=O)NO)cc2Cl)CC1.Cl.Cl. The van der Waals surface area contributed by atoms with Crippen LogP contribution in [0.25, 0.3) is 6.08 Å². The average molecular weight is 438 g/mol. The molecule has 3 N–H and O–H groups in total. The Kier molecular flexibility index (Phi) is 12.3. The fraction of sp³-hybridized carbons (Fsp3) is 0.444. The first-order valence-electron chi connectivity index (χ1n) is 8.38. The quantitative estimate of drug-likeness (QED) is 0.272. The van der Waals surface area contributed by atoms with Crippen LogP contribution in [-0.2, 0) is 4.79 Å². The first kappa shape index (κ1) is 25.7. The van der Waals surface area contributed by atoms with E-state index in [0.717, 1.165) is 32.5 Å². The van der Waals surface area contributed by atoms with Crippen LogP contribution in [0.3, 0.4) is 0 Å². The van der Waals surface area contributed by atoms with Crippen LogP contribution in [0, 0.1) is 0 Å². The van der Waals surface area contributed by atoms with E-state index < -0.39 is 5.91 Å². The van der Waals surface area contributed by atoms with E-state index in [1.54, 1.807) is 12.3 Å². The van der Waals surface area contributed by atoms with Crippen molar-refractivity contribution >= 4 is 54.2 Å². The lowest BCUT2D eigenvalue weighted by Gasteiger charge is -2.32. The number of piperidine rings is 1. The number of carbonyl (C=O) groups is 1. The fourth-order valence-electron chi connectivity index (χ4n) is 2.62. The molecule has 0 aromatic carbocycles. The Morgan fingerprint density at radius 1 is 1.37 bits per heavy atom. The van der Waals surface area contributed by atoms with Crippen LogP contribution in [0.5, 0.6) is 0 Å².